The normalized spacial score (nSPS) is 26.3. The summed E-state index contributed by atoms with van der Waals surface area (Å²) < 4.78 is 64.0. The fraction of sp³-hybridized carbons (Fsp3) is 0.571. The summed E-state index contributed by atoms with van der Waals surface area (Å²) in [5.74, 6) is -2.59. The minimum atomic E-state index is -3.07. The number of fused-ring (bicyclic) bond motifs is 3. The van der Waals surface area contributed by atoms with Gasteiger partial charge in [-0.15, -0.1) is 0 Å². The van der Waals surface area contributed by atoms with Crippen LogP contribution >= 0.6 is 0 Å². The molecule has 0 saturated carbocycles. The van der Waals surface area contributed by atoms with Crippen LogP contribution in [0.4, 0.5) is 35.1 Å². The second-order valence-corrected chi connectivity index (χ2v) is 8.77. The van der Waals surface area contributed by atoms with Crippen molar-refractivity contribution in [2.24, 2.45) is 0 Å². The highest BCUT2D eigenvalue weighted by molar-refractivity contribution is 5.68. The van der Waals surface area contributed by atoms with E-state index in [0.29, 0.717) is 30.2 Å². The predicted molar refractivity (Wildman–Crippen MR) is 113 cm³/mol. The molecule has 2 aromatic rings. The summed E-state index contributed by atoms with van der Waals surface area (Å²) in [5, 5.41) is 0. The zero-order chi connectivity index (χ0) is 23.3. The number of morpholine rings is 1. The summed E-state index contributed by atoms with van der Waals surface area (Å²) in [5.41, 5.74) is 6.38. The van der Waals surface area contributed by atoms with E-state index in [1.54, 1.807) is 13.0 Å². The molecule has 0 aliphatic carbocycles. The quantitative estimate of drug-likeness (QED) is 0.669. The number of hydrogen-bond donors (Lipinski definition) is 1. The Morgan fingerprint density at radius 2 is 2.03 bits per heavy atom. The Morgan fingerprint density at radius 3 is 2.64 bits per heavy atom. The monoisotopic (exact) mass is 468 g/mol. The first-order valence-electron chi connectivity index (χ1n) is 10.8. The third-order valence-corrected chi connectivity index (χ3v) is 6.36. The van der Waals surface area contributed by atoms with Gasteiger partial charge in [-0.3, -0.25) is 0 Å². The van der Waals surface area contributed by atoms with Crippen LogP contribution in [0.25, 0.3) is 11.3 Å². The highest BCUT2D eigenvalue weighted by atomic mass is 19.3. The maximum atomic E-state index is 14.1. The zero-order valence-corrected chi connectivity index (χ0v) is 17.9. The first-order chi connectivity index (χ1) is 15.7. The van der Waals surface area contributed by atoms with Crippen molar-refractivity contribution in [2.75, 3.05) is 35.2 Å². The Kier molecular flexibility index (Phi) is 5.42. The molecule has 0 spiro atoms. The number of aromatic nitrogens is 3. The Labute approximate surface area is 187 Å². The van der Waals surface area contributed by atoms with Gasteiger partial charge in [0.15, 0.2) is 11.6 Å². The van der Waals surface area contributed by atoms with E-state index >= 15 is 0 Å². The molecule has 4 fully saturated rings. The third kappa shape index (κ3) is 4.35. The summed E-state index contributed by atoms with van der Waals surface area (Å²) in [4.78, 5) is 16.7. The summed E-state index contributed by atoms with van der Waals surface area (Å²) in [6, 6.07) is 2.68. The first kappa shape index (κ1) is 21.9. The fourth-order valence-electron chi connectivity index (χ4n) is 4.74. The van der Waals surface area contributed by atoms with Crippen molar-refractivity contribution < 1.29 is 27.0 Å². The molecule has 0 amide bonds. The number of nitrogens with zero attached hydrogens (tertiary/aromatic N) is 5. The van der Waals surface area contributed by atoms with Crippen molar-refractivity contribution in [3.05, 3.63) is 18.3 Å². The van der Waals surface area contributed by atoms with E-state index in [4.69, 9.17) is 10.5 Å². The Morgan fingerprint density at radius 1 is 1.21 bits per heavy atom. The van der Waals surface area contributed by atoms with Gasteiger partial charge in [-0.2, -0.15) is 13.8 Å². The van der Waals surface area contributed by atoms with Crippen molar-refractivity contribution in [1.82, 2.24) is 15.0 Å². The van der Waals surface area contributed by atoms with Crippen molar-refractivity contribution >= 4 is 17.6 Å². The van der Waals surface area contributed by atoms with Gasteiger partial charge in [0.1, 0.15) is 5.82 Å². The number of nitrogen functional groups attached to an aromatic ring is 1. The van der Waals surface area contributed by atoms with E-state index in [9.17, 15) is 17.6 Å². The van der Waals surface area contributed by atoms with Gasteiger partial charge in [0.25, 0.3) is 5.92 Å². The lowest BCUT2D eigenvalue weighted by Crippen LogP contribution is -2.55. The molecule has 6 rings (SSSR count). The molecule has 2 aromatic heterocycles. The molecule has 3 atom stereocenters. The average molecular weight is 468 g/mol. The largest absolute Gasteiger partial charge is 0.431 e. The molecule has 4 aliphatic heterocycles. The van der Waals surface area contributed by atoms with Crippen molar-refractivity contribution in [3.8, 4) is 17.0 Å². The van der Waals surface area contributed by atoms with Crippen LogP contribution < -0.4 is 20.3 Å². The van der Waals surface area contributed by atoms with E-state index in [2.05, 4.69) is 24.6 Å². The maximum absolute atomic E-state index is 14.1. The molecule has 2 bridgehead atoms. The highest BCUT2D eigenvalue weighted by Gasteiger charge is 2.44. The van der Waals surface area contributed by atoms with Crippen LogP contribution in [0.1, 0.15) is 26.2 Å². The Hall–Kier alpha value is -2.89. The van der Waals surface area contributed by atoms with E-state index in [0.717, 1.165) is 12.8 Å². The van der Waals surface area contributed by atoms with Gasteiger partial charge < -0.3 is 25.0 Å². The minimum absolute atomic E-state index is 0.0798. The van der Waals surface area contributed by atoms with Crippen molar-refractivity contribution in [3.63, 3.8) is 0 Å². The van der Waals surface area contributed by atoms with Gasteiger partial charge in [-0.1, -0.05) is 0 Å². The van der Waals surface area contributed by atoms with E-state index < -0.39 is 25.1 Å². The van der Waals surface area contributed by atoms with Crippen LogP contribution in [0.15, 0.2) is 18.3 Å². The first-order valence-corrected chi connectivity index (χ1v) is 10.8. The number of hydrogen-bond acceptors (Lipinski definition) is 8. The molecule has 12 heteroatoms. The molecule has 0 unspecified atom stereocenters. The van der Waals surface area contributed by atoms with Crippen LogP contribution in [-0.4, -0.2) is 65.4 Å². The average Bonchev–Trinajstić information content (AvgIpc) is 3.07. The summed E-state index contributed by atoms with van der Waals surface area (Å²) in [6.07, 6.45) is 3.06. The highest BCUT2D eigenvalue weighted by Crippen LogP contribution is 2.38. The molecule has 178 valence electrons. The van der Waals surface area contributed by atoms with Gasteiger partial charge in [0, 0.05) is 36.8 Å². The lowest BCUT2D eigenvalue weighted by Gasteiger charge is -2.45. The van der Waals surface area contributed by atoms with Gasteiger partial charge in [0.2, 0.25) is 5.95 Å². The molecular weight excluding hydrogens is 444 g/mol. The number of anilines is 3. The van der Waals surface area contributed by atoms with Crippen LogP contribution in [0.5, 0.6) is 5.75 Å². The van der Waals surface area contributed by atoms with Gasteiger partial charge in [-0.25, -0.2) is 18.7 Å². The molecule has 4 saturated heterocycles. The van der Waals surface area contributed by atoms with Gasteiger partial charge in [0.05, 0.1) is 31.0 Å². The van der Waals surface area contributed by atoms with E-state index in [-0.39, 0.29) is 36.1 Å². The molecule has 2 N–H and O–H groups in total. The van der Waals surface area contributed by atoms with E-state index in [1.165, 1.54) is 17.2 Å². The van der Waals surface area contributed by atoms with Crippen LogP contribution in [0.3, 0.4) is 0 Å². The summed E-state index contributed by atoms with van der Waals surface area (Å²) >= 11 is 0. The predicted octanol–water partition coefficient (Wildman–Crippen LogP) is 3.32. The standard InChI is InChI=1S/C21H24F4N6O2/c1-11-6-21(24,25)10-31(11)20-28-15(12-4-16(33-19(22)23)18(26)27-7-12)5-17(29-20)30-8-14-3-2-13(30)9-32-14/h4-5,7,11,13-14,19H,2-3,6,8-10H2,1H3,(H2,26,27)/t11-,13+,14+/m1/s1. The molecule has 0 aromatic carbocycles. The molecule has 4 aliphatic rings. The summed E-state index contributed by atoms with van der Waals surface area (Å²) in [6.45, 7) is -0.671. The van der Waals surface area contributed by atoms with Gasteiger partial charge in [-0.05, 0) is 25.8 Å². The van der Waals surface area contributed by atoms with Crippen molar-refractivity contribution in [2.45, 2.75) is 56.9 Å². The van der Waals surface area contributed by atoms with Crippen molar-refractivity contribution in [1.29, 1.82) is 0 Å². The topological polar surface area (TPSA) is 89.6 Å². The maximum Gasteiger partial charge on any atom is 0.387 e. The molecule has 33 heavy (non-hydrogen) atoms. The summed E-state index contributed by atoms with van der Waals surface area (Å²) in [7, 11) is 0. The SMILES string of the molecule is C[C@@H]1CC(F)(F)CN1c1nc(-c2cnc(N)c(OC(F)F)c2)cc(N2C[C@@H]3CC[C@H]2CO3)n1. The Balaban J connectivity index is 1.58. The number of halogens is 4. The number of alkyl halides is 4. The van der Waals surface area contributed by atoms with Crippen LogP contribution in [-0.2, 0) is 4.74 Å². The Bertz CT molecular complexity index is 1010. The number of rotatable bonds is 5. The lowest BCUT2D eigenvalue weighted by atomic mass is 9.97. The molecular formula is C21H24F4N6O2. The number of piperidine rings is 1. The number of ether oxygens (including phenoxy) is 2. The molecule has 8 nitrogen and oxygen atoms in total. The number of nitrogens with two attached hydrogens (primary N) is 1. The molecule has 6 heterocycles. The minimum Gasteiger partial charge on any atom is -0.431 e. The van der Waals surface area contributed by atoms with Gasteiger partial charge >= 0.3 is 6.61 Å². The lowest BCUT2D eigenvalue weighted by molar-refractivity contribution is -0.0494. The second-order valence-electron chi connectivity index (χ2n) is 8.77. The van der Waals surface area contributed by atoms with Crippen LogP contribution in [0, 0.1) is 0 Å². The zero-order valence-electron chi connectivity index (χ0n) is 17.9. The molecule has 0 radical (unpaired) electrons. The smallest absolute Gasteiger partial charge is 0.387 e. The third-order valence-electron chi connectivity index (χ3n) is 6.36. The van der Waals surface area contributed by atoms with Crippen LogP contribution in [0.2, 0.25) is 0 Å². The number of pyridine rings is 1. The fourth-order valence-corrected chi connectivity index (χ4v) is 4.74. The second kappa shape index (κ2) is 8.15. The van der Waals surface area contributed by atoms with E-state index in [1.807, 2.05) is 0 Å².